The van der Waals surface area contributed by atoms with Gasteiger partial charge in [-0.3, -0.25) is 0 Å². The van der Waals surface area contributed by atoms with Crippen molar-refractivity contribution in [1.82, 2.24) is 0 Å². The van der Waals surface area contributed by atoms with Crippen LogP contribution in [-0.2, 0) is 0 Å². The van der Waals surface area contributed by atoms with E-state index in [1.54, 1.807) is 0 Å². The van der Waals surface area contributed by atoms with Crippen molar-refractivity contribution in [3.63, 3.8) is 0 Å². The van der Waals surface area contributed by atoms with Crippen LogP contribution in [0.15, 0.2) is 24.3 Å². The predicted octanol–water partition coefficient (Wildman–Crippen LogP) is 3.65. The molecule has 1 aliphatic carbocycles. The van der Waals surface area contributed by atoms with Crippen molar-refractivity contribution in [2.75, 3.05) is 11.1 Å². The summed E-state index contributed by atoms with van der Waals surface area (Å²) in [4.78, 5) is 0. The number of rotatable bonds is 3. The van der Waals surface area contributed by atoms with Gasteiger partial charge in [-0.25, -0.2) is 0 Å². The first-order chi connectivity index (χ1) is 7.79. The van der Waals surface area contributed by atoms with E-state index in [1.165, 1.54) is 32.1 Å². The van der Waals surface area contributed by atoms with Crippen LogP contribution in [0.1, 0.15) is 39.0 Å². The minimum absolute atomic E-state index is 0.618. The van der Waals surface area contributed by atoms with Crippen LogP contribution in [0.25, 0.3) is 0 Å². The van der Waals surface area contributed by atoms with Crippen molar-refractivity contribution in [2.24, 2.45) is 5.92 Å². The molecule has 3 N–H and O–H groups in total. The highest BCUT2D eigenvalue weighted by atomic mass is 14.9. The predicted molar refractivity (Wildman–Crippen MR) is 70.5 cm³/mol. The topological polar surface area (TPSA) is 38.0 Å². The lowest BCUT2D eigenvalue weighted by atomic mass is 9.84. The molecule has 0 radical (unpaired) electrons. The second-order valence-corrected chi connectivity index (χ2v) is 4.86. The maximum absolute atomic E-state index is 5.93. The summed E-state index contributed by atoms with van der Waals surface area (Å²) in [6.07, 6.45) is 6.63. The van der Waals surface area contributed by atoms with Crippen LogP contribution in [0, 0.1) is 5.92 Å². The van der Waals surface area contributed by atoms with Gasteiger partial charge in [-0.1, -0.05) is 25.5 Å². The molecule has 1 saturated carbocycles. The first kappa shape index (κ1) is 11.3. The van der Waals surface area contributed by atoms with Gasteiger partial charge in [0.25, 0.3) is 0 Å². The Morgan fingerprint density at radius 3 is 2.50 bits per heavy atom. The Morgan fingerprint density at radius 1 is 1.19 bits per heavy atom. The van der Waals surface area contributed by atoms with E-state index >= 15 is 0 Å². The van der Waals surface area contributed by atoms with Crippen LogP contribution in [0.3, 0.4) is 0 Å². The molecule has 16 heavy (non-hydrogen) atoms. The van der Waals surface area contributed by atoms with Gasteiger partial charge in [0.15, 0.2) is 0 Å². The third-order valence-corrected chi connectivity index (χ3v) is 3.74. The SMILES string of the molecule is CCC1CCC(Nc2ccccc2N)CC1. The highest BCUT2D eigenvalue weighted by Crippen LogP contribution is 2.29. The number of nitrogen functional groups attached to an aromatic ring is 1. The van der Waals surface area contributed by atoms with E-state index in [9.17, 15) is 0 Å². The number of benzene rings is 1. The van der Waals surface area contributed by atoms with Gasteiger partial charge in [-0.15, -0.1) is 0 Å². The summed E-state index contributed by atoms with van der Waals surface area (Å²) in [6, 6.07) is 8.67. The number of nitrogens with one attached hydrogen (secondary N) is 1. The second kappa shape index (κ2) is 5.24. The minimum Gasteiger partial charge on any atom is -0.397 e. The zero-order valence-corrected chi connectivity index (χ0v) is 10.1. The van der Waals surface area contributed by atoms with Gasteiger partial charge in [-0.05, 0) is 43.7 Å². The molecule has 0 bridgehead atoms. The summed E-state index contributed by atoms with van der Waals surface area (Å²) in [5.74, 6) is 0.950. The van der Waals surface area contributed by atoms with E-state index in [4.69, 9.17) is 5.73 Å². The molecular formula is C14H22N2. The van der Waals surface area contributed by atoms with Crippen LogP contribution < -0.4 is 11.1 Å². The Bertz CT molecular complexity index is 327. The molecule has 1 aromatic rings. The van der Waals surface area contributed by atoms with Gasteiger partial charge in [0.1, 0.15) is 0 Å². The number of hydrogen-bond acceptors (Lipinski definition) is 2. The lowest BCUT2D eigenvalue weighted by molar-refractivity contribution is 0.330. The summed E-state index contributed by atoms with van der Waals surface area (Å²) >= 11 is 0. The Hall–Kier alpha value is -1.18. The Morgan fingerprint density at radius 2 is 1.88 bits per heavy atom. The first-order valence-corrected chi connectivity index (χ1v) is 6.40. The monoisotopic (exact) mass is 218 g/mol. The van der Waals surface area contributed by atoms with Crippen LogP contribution in [0.5, 0.6) is 0 Å². The van der Waals surface area contributed by atoms with Gasteiger partial charge in [0.05, 0.1) is 11.4 Å². The van der Waals surface area contributed by atoms with Crippen LogP contribution in [0.2, 0.25) is 0 Å². The molecule has 1 aromatic carbocycles. The third-order valence-electron chi connectivity index (χ3n) is 3.74. The fourth-order valence-electron chi connectivity index (χ4n) is 2.56. The number of nitrogens with two attached hydrogens (primary N) is 1. The summed E-state index contributed by atoms with van der Waals surface area (Å²) in [7, 11) is 0. The normalized spacial score (nSPS) is 25.3. The molecular weight excluding hydrogens is 196 g/mol. The molecule has 2 heteroatoms. The van der Waals surface area contributed by atoms with Crippen molar-refractivity contribution in [2.45, 2.75) is 45.1 Å². The molecule has 0 spiro atoms. The fraction of sp³-hybridized carbons (Fsp3) is 0.571. The lowest BCUT2D eigenvalue weighted by Crippen LogP contribution is -2.26. The quantitative estimate of drug-likeness (QED) is 0.760. The summed E-state index contributed by atoms with van der Waals surface area (Å²) < 4.78 is 0. The maximum atomic E-state index is 5.93. The molecule has 0 atom stereocenters. The Labute approximate surface area is 98.2 Å². The second-order valence-electron chi connectivity index (χ2n) is 4.86. The lowest BCUT2D eigenvalue weighted by Gasteiger charge is -2.29. The van der Waals surface area contributed by atoms with Gasteiger partial charge >= 0.3 is 0 Å². The van der Waals surface area contributed by atoms with Crippen molar-refractivity contribution in [3.05, 3.63) is 24.3 Å². The molecule has 2 nitrogen and oxygen atoms in total. The van der Waals surface area contributed by atoms with Crippen molar-refractivity contribution < 1.29 is 0 Å². The molecule has 1 fully saturated rings. The molecule has 0 aliphatic heterocycles. The number of para-hydroxylation sites is 2. The molecule has 0 aromatic heterocycles. The molecule has 0 saturated heterocycles. The van der Waals surface area contributed by atoms with E-state index in [0.717, 1.165) is 17.3 Å². The average molecular weight is 218 g/mol. The van der Waals surface area contributed by atoms with E-state index in [0.29, 0.717) is 6.04 Å². The summed E-state index contributed by atoms with van der Waals surface area (Å²) in [6.45, 7) is 2.30. The fourth-order valence-corrected chi connectivity index (χ4v) is 2.56. The van der Waals surface area contributed by atoms with Crippen LogP contribution >= 0.6 is 0 Å². The third kappa shape index (κ3) is 2.69. The Kier molecular flexibility index (Phi) is 3.70. The standard InChI is InChI=1S/C14H22N2/c1-2-11-7-9-12(10-8-11)16-14-6-4-3-5-13(14)15/h3-6,11-12,16H,2,7-10,15H2,1H3. The van der Waals surface area contributed by atoms with Crippen molar-refractivity contribution in [1.29, 1.82) is 0 Å². The average Bonchev–Trinajstić information content (AvgIpc) is 2.33. The number of hydrogen-bond donors (Lipinski definition) is 2. The molecule has 88 valence electrons. The number of anilines is 2. The highest BCUT2D eigenvalue weighted by molar-refractivity contribution is 5.65. The molecule has 0 unspecified atom stereocenters. The minimum atomic E-state index is 0.618. The van der Waals surface area contributed by atoms with E-state index < -0.39 is 0 Å². The largest absolute Gasteiger partial charge is 0.397 e. The van der Waals surface area contributed by atoms with Gasteiger partial charge in [0.2, 0.25) is 0 Å². The maximum Gasteiger partial charge on any atom is 0.0576 e. The summed E-state index contributed by atoms with van der Waals surface area (Å²) in [5.41, 5.74) is 7.89. The summed E-state index contributed by atoms with van der Waals surface area (Å²) in [5, 5.41) is 3.57. The molecule has 0 amide bonds. The zero-order valence-electron chi connectivity index (χ0n) is 10.1. The Balaban J connectivity index is 1.89. The van der Waals surface area contributed by atoms with Gasteiger partial charge < -0.3 is 11.1 Å². The smallest absolute Gasteiger partial charge is 0.0576 e. The van der Waals surface area contributed by atoms with Crippen LogP contribution in [-0.4, -0.2) is 6.04 Å². The molecule has 1 aliphatic rings. The molecule has 0 heterocycles. The van der Waals surface area contributed by atoms with Crippen molar-refractivity contribution >= 4 is 11.4 Å². The van der Waals surface area contributed by atoms with Gasteiger partial charge in [-0.2, -0.15) is 0 Å². The van der Waals surface area contributed by atoms with E-state index in [2.05, 4.69) is 18.3 Å². The van der Waals surface area contributed by atoms with Crippen molar-refractivity contribution in [3.8, 4) is 0 Å². The zero-order chi connectivity index (χ0) is 11.4. The first-order valence-electron chi connectivity index (χ1n) is 6.40. The molecule has 2 rings (SSSR count). The van der Waals surface area contributed by atoms with E-state index in [1.807, 2.05) is 18.2 Å². The van der Waals surface area contributed by atoms with E-state index in [-0.39, 0.29) is 0 Å². The van der Waals surface area contributed by atoms with Gasteiger partial charge in [0, 0.05) is 6.04 Å². The highest BCUT2D eigenvalue weighted by Gasteiger charge is 2.19. The van der Waals surface area contributed by atoms with Crippen LogP contribution in [0.4, 0.5) is 11.4 Å².